The zero-order chi connectivity index (χ0) is 27.0. The maximum atomic E-state index is 12.8. The minimum atomic E-state index is -1.20. The largest absolute Gasteiger partial charge is 0.463 e. The smallest absolute Gasteiger partial charge is 0.408 e. The summed E-state index contributed by atoms with van der Waals surface area (Å²) in [7, 11) is 0. The molecule has 0 spiro atoms. The van der Waals surface area contributed by atoms with Gasteiger partial charge in [0.05, 0.1) is 25.0 Å². The first-order chi connectivity index (χ1) is 17.7. The van der Waals surface area contributed by atoms with E-state index in [9.17, 15) is 24.6 Å². The molecule has 0 aliphatic rings. The summed E-state index contributed by atoms with van der Waals surface area (Å²) < 4.78 is 12.2. The van der Waals surface area contributed by atoms with Crippen LogP contribution in [0, 0.1) is 11.3 Å². The fourth-order valence-electron chi connectivity index (χ4n) is 3.57. The Hall–Kier alpha value is -3.97. The third-order valence-corrected chi connectivity index (χ3v) is 5.97. The summed E-state index contributed by atoms with van der Waals surface area (Å²) in [6.07, 6.45) is 0.785. The van der Waals surface area contributed by atoms with Crippen LogP contribution in [-0.2, 0) is 27.4 Å². The molecule has 3 aromatic rings. The Morgan fingerprint density at radius 1 is 1.19 bits per heavy atom. The molecule has 6 N–H and O–H groups in total. The number of H-pyrrole nitrogens is 1. The molecule has 1 amide bonds. The number of nitrogens with two attached hydrogens (primary N) is 1. The Morgan fingerprint density at radius 3 is 2.54 bits per heavy atom. The van der Waals surface area contributed by atoms with Crippen LogP contribution in [0.5, 0.6) is 0 Å². The third kappa shape index (κ3) is 7.05. The van der Waals surface area contributed by atoms with Crippen molar-refractivity contribution in [3.8, 4) is 0 Å². The van der Waals surface area contributed by atoms with Gasteiger partial charge in [0.2, 0.25) is 5.95 Å². The number of aryl methyl sites for hydroxylation is 1. The highest BCUT2D eigenvalue weighted by atomic mass is 16.6. The predicted molar refractivity (Wildman–Crippen MR) is 133 cm³/mol. The van der Waals surface area contributed by atoms with E-state index in [1.165, 1.54) is 6.33 Å². The molecule has 0 saturated carbocycles. The molecule has 0 aliphatic heterocycles. The van der Waals surface area contributed by atoms with Gasteiger partial charge in [-0.3, -0.25) is 9.78 Å². The topological polar surface area (TPSA) is 195 Å². The van der Waals surface area contributed by atoms with Crippen LogP contribution >= 0.6 is 0 Å². The highest BCUT2D eigenvalue weighted by Crippen LogP contribution is 2.24. The number of nitrogen functional groups attached to an aromatic ring is 1. The lowest BCUT2D eigenvalue weighted by Crippen LogP contribution is -2.47. The van der Waals surface area contributed by atoms with Gasteiger partial charge >= 0.3 is 12.1 Å². The number of hydrogen-bond donors (Lipinski definition) is 5. The maximum absolute atomic E-state index is 12.8. The molecule has 0 fully saturated rings. The second-order valence-electron chi connectivity index (χ2n) is 9.16. The summed E-state index contributed by atoms with van der Waals surface area (Å²) in [6.45, 7) is 2.42. The number of alkyl carbamates (subject to hydrolysis) is 1. The van der Waals surface area contributed by atoms with Crippen LogP contribution in [0.3, 0.4) is 0 Å². The first-order valence-corrected chi connectivity index (χ1v) is 11.7. The van der Waals surface area contributed by atoms with Gasteiger partial charge in [0.15, 0.2) is 11.2 Å². The number of aliphatic hydroxyl groups excluding tert-OH is 2. The number of amides is 1. The van der Waals surface area contributed by atoms with Crippen LogP contribution in [-0.4, -0.2) is 67.7 Å². The van der Waals surface area contributed by atoms with Crippen LogP contribution in [0.25, 0.3) is 11.2 Å². The summed E-state index contributed by atoms with van der Waals surface area (Å²) in [6, 6.07) is 8.09. The van der Waals surface area contributed by atoms with Gasteiger partial charge in [0.1, 0.15) is 19.3 Å². The van der Waals surface area contributed by atoms with E-state index in [0.29, 0.717) is 0 Å². The molecule has 0 radical (unpaired) electrons. The molecule has 13 heteroatoms. The van der Waals surface area contributed by atoms with E-state index >= 15 is 0 Å². The summed E-state index contributed by atoms with van der Waals surface area (Å²) in [5.41, 5.74) is 5.08. The van der Waals surface area contributed by atoms with E-state index in [0.717, 1.165) is 5.56 Å². The molecule has 0 bridgehead atoms. The number of hydrogen-bond acceptors (Lipinski definition) is 10. The Labute approximate surface area is 212 Å². The van der Waals surface area contributed by atoms with Gasteiger partial charge < -0.3 is 35.3 Å². The lowest BCUT2D eigenvalue weighted by atomic mass is 9.87. The molecule has 200 valence electrons. The second kappa shape index (κ2) is 12.3. The van der Waals surface area contributed by atoms with Gasteiger partial charge in [0.25, 0.3) is 5.56 Å². The van der Waals surface area contributed by atoms with Crippen LogP contribution in [0.1, 0.15) is 25.8 Å². The Bertz CT molecular complexity index is 1250. The standard InChI is InChI=1S/C24H32N6O7/c1-15(2)17(27-23(35)36-10-16-6-4-3-5-7-16)21(34)37-13-24(11-31,12-32)8-9-30-14-26-18-19(30)28-22(25)29-20(18)33/h3-7,14-15,17,31-32H,8-13H2,1-2H3,(H,27,35)(H3,25,28,29,33)/t17-/m0/s1. The quantitative estimate of drug-likeness (QED) is 0.212. The first-order valence-electron chi connectivity index (χ1n) is 11.7. The molecule has 1 aromatic carbocycles. The number of aromatic amines is 1. The van der Waals surface area contributed by atoms with Gasteiger partial charge in [-0.2, -0.15) is 4.98 Å². The second-order valence-corrected chi connectivity index (χ2v) is 9.16. The summed E-state index contributed by atoms with van der Waals surface area (Å²) in [4.78, 5) is 47.6. The van der Waals surface area contributed by atoms with Crippen molar-refractivity contribution in [3.05, 3.63) is 52.6 Å². The number of imidazole rings is 1. The van der Waals surface area contributed by atoms with E-state index in [1.54, 1.807) is 30.5 Å². The predicted octanol–water partition coefficient (Wildman–Crippen LogP) is 0.557. The summed E-state index contributed by atoms with van der Waals surface area (Å²) >= 11 is 0. The minimum Gasteiger partial charge on any atom is -0.463 e. The fraction of sp³-hybridized carbons (Fsp3) is 0.458. The van der Waals surface area contributed by atoms with Crippen LogP contribution in [0.2, 0.25) is 0 Å². The number of nitrogens with zero attached hydrogens (tertiary/aromatic N) is 3. The van der Waals surface area contributed by atoms with E-state index in [2.05, 4.69) is 20.3 Å². The number of ether oxygens (including phenoxy) is 2. The molecule has 0 saturated heterocycles. The highest BCUT2D eigenvalue weighted by Gasteiger charge is 2.34. The number of rotatable bonds is 12. The van der Waals surface area contributed by atoms with Crippen molar-refractivity contribution in [2.75, 3.05) is 25.6 Å². The molecular formula is C24H32N6O7. The number of esters is 1. The molecule has 2 aromatic heterocycles. The van der Waals surface area contributed by atoms with Crippen LogP contribution in [0.4, 0.5) is 10.7 Å². The van der Waals surface area contributed by atoms with Crippen LogP contribution in [0.15, 0.2) is 41.5 Å². The molecule has 3 rings (SSSR count). The van der Waals surface area contributed by atoms with Crippen molar-refractivity contribution in [3.63, 3.8) is 0 Å². The maximum Gasteiger partial charge on any atom is 0.408 e. The lowest BCUT2D eigenvalue weighted by molar-refractivity contribution is -0.153. The summed E-state index contributed by atoms with van der Waals surface area (Å²) in [5, 5.41) is 22.6. The van der Waals surface area contributed by atoms with Gasteiger partial charge in [-0.15, -0.1) is 0 Å². The number of aliphatic hydroxyl groups is 2. The molecule has 0 unspecified atom stereocenters. The fourth-order valence-corrected chi connectivity index (χ4v) is 3.57. The number of benzene rings is 1. The van der Waals surface area contributed by atoms with Crippen molar-refractivity contribution in [1.82, 2.24) is 24.8 Å². The molecule has 37 heavy (non-hydrogen) atoms. The third-order valence-electron chi connectivity index (χ3n) is 5.97. The van der Waals surface area contributed by atoms with E-state index in [-0.39, 0.29) is 49.2 Å². The van der Waals surface area contributed by atoms with Crippen molar-refractivity contribution in [2.45, 2.75) is 39.5 Å². The number of carbonyl (C=O) groups excluding carboxylic acids is 2. The van der Waals surface area contributed by atoms with Crippen molar-refractivity contribution < 1.29 is 29.3 Å². The zero-order valence-electron chi connectivity index (χ0n) is 20.7. The Kier molecular flexibility index (Phi) is 9.20. The number of aromatic nitrogens is 4. The molecule has 1 atom stereocenters. The van der Waals surface area contributed by atoms with E-state index in [4.69, 9.17) is 15.2 Å². The number of carbonyl (C=O) groups is 2. The van der Waals surface area contributed by atoms with Gasteiger partial charge in [-0.05, 0) is 17.9 Å². The van der Waals surface area contributed by atoms with E-state index < -0.39 is 42.3 Å². The number of anilines is 1. The Balaban J connectivity index is 1.60. The zero-order valence-corrected chi connectivity index (χ0v) is 20.7. The normalized spacial score (nSPS) is 12.5. The monoisotopic (exact) mass is 516 g/mol. The van der Waals surface area contributed by atoms with Gasteiger partial charge in [-0.1, -0.05) is 44.2 Å². The molecule has 0 aliphatic carbocycles. The van der Waals surface area contributed by atoms with E-state index in [1.807, 2.05) is 18.2 Å². The Morgan fingerprint density at radius 2 is 1.89 bits per heavy atom. The van der Waals surface area contributed by atoms with Crippen molar-refractivity contribution >= 4 is 29.2 Å². The number of fused-ring (bicyclic) bond motifs is 1. The van der Waals surface area contributed by atoms with Crippen molar-refractivity contribution in [1.29, 1.82) is 0 Å². The summed E-state index contributed by atoms with van der Waals surface area (Å²) in [5.74, 6) is -1.12. The molecule has 2 heterocycles. The average Bonchev–Trinajstić information content (AvgIpc) is 3.30. The first kappa shape index (κ1) is 27.6. The highest BCUT2D eigenvalue weighted by molar-refractivity contribution is 5.81. The van der Waals surface area contributed by atoms with Gasteiger partial charge in [0, 0.05) is 6.54 Å². The lowest BCUT2D eigenvalue weighted by Gasteiger charge is -2.30. The van der Waals surface area contributed by atoms with Gasteiger partial charge in [-0.25, -0.2) is 14.6 Å². The minimum absolute atomic E-state index is 0.0416. The number of nitrogens with one attached hydrogen (secondary N) is 2. The van der Waals surface area contributed by atoms with Crippen molar-refractivity contribution in [2.24, 2.45) is 11.3 Å². The SMILES string of the molecule is CC(C)[C@H](NC(=O)OCc1ccccc1)C(=O)OCC(CO)(CO)CCn1cnc2c(=O)[nH]c(N)nc21. The molecule has 13 nitrogen and oxygen atoms in total. The van der Waals surface area contributed by atoms with Crippen LogP contribution < -0.4 is 16.6 Å². The average molecular weight is 517 g/mol. The molecular weight excluding hydrogens is 484 g/mol.